The zero-order valence-corrected chi connectivity index (χ0v) is 21.5. The third kappa shape index (κ3) is 4.08. The van der Waals surface area contributed by atoms with Gasteiger partial charge in [-0.05, 0) is 49.1 Å². The van der Waals surface area contributed by atoms with Crippen LogP contribution in [0.25, 0.3) is 5.69 Å². The number of ether oxygens (including phenoxy) is 1. The molecule has 0 spiro atoms. The minimum atomic E-state index is -0.446. The summed E-state index contributed by atoms with van der Waals surface area (Å²) in [5.74, 6) is -0.383. The highest BCUT2D eigenvalue weighted by Gasteiger charge is 2.40. The van der Waals surface area contributed by atoms with Gasteiger partial charge in [-0.3, -0.25) is 14.3 Å². The molecule has 0 radical (unpaired) electrons. The summed E-state index contributed by atoms with van der Waals surface area (Å²) in [5.41, 5.74) is 2.20. The average molecular weight is 529 g/mol. The number of fused-ring (bicyclic) bond motifs is 1. The first-order valence-corrected chi connectivity index (χ1v) is 13.7. The Labute approximate surface area is 218 Å². The van der Waals surface area contributed by atoms with E-state index in [-0.39, 0.29) is 22.9 Å². The quantitative estimate of drug-likeness (QED) is 0.509. The normalized spacial score (nSPS) is 21.2. The highest BCUT2D eigenvalue weighted by atomic mass is 35.5. The van der Waals surface area contributed by atoms with Crippen molar-refractivity contribution in [2.75, 3.05) is 32.8 Å². The van der Waals surface area contributed by atoms with Crippen LogP contribution < -0.4 is 11.0 Å². The molecule has 1 saturated carbocycles. The first-order valence-electron chi connectivity index (χ1n) is 12.5. The third-order valence-electron chi connectivity index (χ3n) is 7.91. The molecule has 0 unspecified atom stereocenters. The molecule has 1 atom stereocenters. The van der Waals surface area contributed by atoms with Crippen molar-refractivity contribution in [3.63, 3.8) is 0 Å². The smallest absolute Gasteiger partial charge is 0.335 e. The number of hydrogen-bond donors (Lipinski definition) is 2. The molecule has 2 aromatic heterocycles. The van der Waals surface area contributed by atoms with E-state index in [4.69, 9.17) is 16.3 Å². The van der Waals surface area contributed by atoms with Crippen LogP contribution >= 0.6 is 22.9 Å². The first kappa shape index (κ1) is 23.8. The maximum atomic E-state index is 13.2. The predicted molar refractivity (Wildman–Crippen MR) is 139 cm³/mol. The summed E-state index contributed by atoms with van der Waals surface area (Å²) in [4.78, 5) is 28.9. The lowest BCUT2D eigenvalue weighted by molar-refractivity contribution is 0.0166. The van der Waals surface area contributed by atoms with Crippen molar-refractivity contribution < 1.29 is 14.6 Å². The number of hydrogen-bond acceptors (Lipinski definition) is 6. The van der Waals surface area contributed by atoms with Crippen LogP contribution in [0.15, 0.2) is 41.2 Å². The van der Waals surface area contributed by atoms with Crippen LogP contribution in [-0.2, 0) is 16.7 Å². The highest BCUT2D eigenvalue weighted by molar-refractivity contribution is 7.18. The monoisotopic (exact) mass is 528 g/mol. The maximum absolute atomic E-state index is 13.2. The summed E-state index contributed by atoms with van der Waals surface area (Å²) < 4.78 is 8.94. The van der Waals surface area contributed by atoms with Crippen LogP contribution in [0.3, 0.4) is 0 Å². The van der Waals surface area contributed by atoms with E-state index in [1.165, 1.54) is 27.9 Å². The van der Waals surface area contributed by atoms with Crippen molar-refractivity contribution >= 4 is 28.8 Å². The molecule has 6 rings (SSSR count). The number of imidazole rings is 1. The van der Waals surface area contributed by atoms with Crippen LogP contribution in [0.5, 0.6) is 5.88 Å². The number of halogens is 1. The van der Waals surface area contributed by atoms with Gasteiger partial charge in [0.1, 0.15) is 5.69 Å². The molecule has 2 fully saturated rings. The van der Waals surface area contributed by atoms with Crippen molar-refractivity contribution in [3.05, 3.63) is 67.4 Å². The SMILES string of the molecule is O=C(N[C@@H]1CCn2c1c(O)n(-c1ccc(C3(CN4CCOCC4)CCC3)cc1)c2=O)c1ccc(Cl)s1. The topological polar surface area (TPSA) is 88.7 Å². The average Bonchev–Trinajstić information content (AvgIpc) is 3.54. The van der Waals surface area contributed by atoms with Crippen molar-refractivity contribution in [1.82, 2.24) is 19.4 Å². The number of rotatable bonds is 6. The standard InChI is InChI=1S/C26H29ClN4O4S/c27-21-7-6-20(36-21)23(32)28-19-8-11-30-22(19)24(33)31(25(30)34)18-4-2-17(3-5-18)26(9-1-10-26)16-29-12-14-35-15-13-29/h2-7,19,33H,1,8-16H2,(H,28,32)/t19-/m1/s1. The lowest BCUT2D eigenvalue weighted by atomic mass is 9.64. The molecule has 8 nitrogen and oxygen atoms in total. The molecule has 2 aliphatic heterocycles. The first-order chi connectivity index (χ1) is 17.4. The number of aromatic hydroxyl groups is 1. The number of aromatic nitrogens is 2. The fraction of sp³-hybridized carbons (Fsp3) is 0.462. The second kappa shape index (κ2) is 9.37. The van der Waals surface area contributed by atoms with E-state index in [1.807, 2.05) is 12.1 Å². The van der Waals surface area contributed by atoms with Crippen LogP contribution in [0.1, 0.15) is 52.7 Å². The summed E-state index contributed by atoms with van der Waals surface area (Å²) in [5, 5.41) is 14.0. The van der Waals surface area contributed by atoms with Gasteiger partial charge in [0.25, 0.3) is 5.91 Å². The second-order valence-electron chi connectivity index (χ2n) is 9.97. The van der Waals surface area contributed by atoms with Gasteiger partial charge in [0.2, 0.25) is 5.88 Å². The molecular weight excluding hydrogens is 500 g/mol. The Hall–Kier alpha value is -2.59. The van der Waals surface area contributed by atoms with Crippen molar-refractivity contribution in [1.29, 1.82) is 0 Å². The zero-order valence-electron chi connectivity index (χ0n) is 19.9. The number of carbonyl (C=O) groups excluding carboxylic acids is 1. The fourth-order valence-electron chi connectivity index (χ4n) is 5.84. The van der Waals surface area contributed by atoms with Crippen molar-refractivity contribution in [2.45, 2.75) is 43.7 Å². The molecule has 1 aromatic carbocycles. The number of thiophene rings is 1. The highest BCUT2D eigenvalue weighted by Crippen LogP contribution is 2.45. The Morgan fingerprint density at radius 2 is 1.89 bits per heavy atom. The van der Waals surface area contributed by atoms with Gasteiger partial charge in [-0.25, -0.2) is 9.36 Å². The molecule has 10 heteroatoms. The Morgan fingerprint density at radius 1 is 1.14 bits per heavy atom. The Kier molecular flexibility index (Phi) is 6.19. The Morgan fingerprint density at radius 3 is 2.53 bits per heavy atom. The van der Waals surface area contributed by atoms with Crippen molar-refractivity contribution in [2.24, 2.45) is 0 Å². The molecule has 0 bridgehead atoms. The molecule has 190 valence electrons. The fourth-order valence-corrected chi connectivity index (χ4v) is 6.78. The number of carbonyl (C=O) groups is 1. The van der Waals surface area contributed by atoms with Crippen LogP contribution in [-0.4, -0.2) is 57.9 Å². The van der Waals surface area contributed by atoms with Gasteiger partial charge in [-0.2, -0.15) is 0 Å². The van der Waals surface area contributed by atoms with Crippen LogP contribution in [0.4, 0.5) is 0 Å². The van der Waals surface area contributed by atoms with Gasteiger partial charge in [-0.15, -0.1) is 11.3 Å². The van der Waals surface area contributed by atoms with Gasteiger partial charge < -0.3 is 15.2 Å². The minimum Gasteiger partial charge on any atom is -0.493 e. The maximum Gasteiger partial charge on any atom is 0.335 e. The van der Waals surface area contributed by atoms with Gasteiger partial charge in [0, 0.05) is 31.6 Å². The van der Waals surface area contributed by atoms with E-state index in [9.17, 15) is 14.7 Å². The molecule has 1 saturated heterocycles. The van der Waals surface area contributed by atoms with Crippen LogP contribution in [0, 0.1) is 0 Å². The summed E-state index contributed by atoms with van der Waals surface area (Å²) in [6.45, 7) is 4.98. The molecule has 2 N–H and O–H groups in total. The summed E-state index contributed by atoms with van der Waals surface area (Å²) in [7, 11) is 0. The lowest BCUT2D eigenvalue weighted by Gasteiger charge is -2.46. The van der Waals surface area contributed by atoms with E-state index in [1.54, 1.807) is 16.7 Å². The second-order valence-corrected chi connectivity index (χ2v) is 11.7. The van der Waals surface area contributed by atoms with E-state index >= 15 is 0 Å². The summed E-state index contributed by atoms with van der Waals surface area (Å²) in [6.07, 6.45) is 4.09. The number of benzene rings is 1. The van der Waals surface area contributed by atoms with Crippen molar-refractivity contribution in [3.8, 4) is 11.6 Å². The van der Waals surface area contributed by atoms with E-state index in [0.717, 1.165) is 45.7 Å². The molecule has 1 aliphatic carbocycles. The molecule has 1 amide bonds. The molecule has 36 heavy (non-hydrogen) atoms. The predicted octanol–water partition coefficient (Wildman–Crippen LogP) is 3.69. The third-order valence-corrected chi connectivity index (χ3v) is 9.14. The number of amides is 1. The Balaban J connectivity index is 1.24. The van der Waals surface area contributed by atoms with Crippen LogP contribution in [0.2, 0.25) is 4.34 Å². The molecule has 4 heterocycles. The Bertz CT molecular complexity index is 1330. The lowest BCUT2D eigenvalue weighted by Crippen LogP contribution is -2.49. The van der Waals surface area contributed by atoms with E-state index in [2.05, 4.69) is 22.3 Å². The molecule has 3 aromatic rings. The van der Waals surface area contributed by atoms with Gasteiger partial charge in [0.15, 0.2) is 0 Å². The molecular formula is C26H29ClN4O4S. The van der Waals surface area contributed by atoms with Gasteiger partial charge in [0.05, 0.1) is 34.2 Å². The number of nitrogens with zero attached hydrogens (tertiary/aromatic N) is 3. The van der Waals surface area contributed by atoms with Gasteiger partial charge >= 0.3 is 5.69 Å². The molecule has 3 aliphatic rings. The number of nitrogens with one attached hydrogen (secondary N) is 1. The zero-order chi connectivity index (χ0) is 24.9. The summed E-state index contributed by atoms with van der Waals surface area (Å²) in [6, 6.07) is 11.0. The summed E-state index contributed by atoms with van der Waals surface area (Å²) >= 11 is 7.16. The van der Waals surface area contributed by atoms with E-state index in [0.29, 0.717) is 33.6 Å². The minimum absolute atomic E-state index is 0.119. The largest absolute Gasteiger partial charge is 0.493 e. The van der Waals surface area contributed by atoms with E-state index < -0.39 is 6.04 Å². The van der Waals surface area contributed by atoms with Gasteiger partial charge in [-0.1, -0.05) is 30.2 Å². The number of morpholine rings is 1.